The highest BCUT2D eigenvalue weighted by Crippen LogP contribution is 2.33. The maximum atomic E-state index is 12.1. The summed E-state index contributed by atoms with van der Waals surface area (Å²) in [6.45, 7) is 2.34. The van der Waals surface area contributed by atoms with Gasteiger partial charge in [-0.3, -0.25) is 4.79 Å². The van der Waals surface area contributed by atoms with E-state index in [9.17, 15) is 13.2 Å². The van der Waals surface area contributed by atoms with Gasteiger partial charge in [0.05, 0.1) is 11.4 Å². The quantitative estimate of drug-likeness (QED) is 0.594. The summed E-state index contributed by atoms with van der Waals surface area (Å²) in [5.41, 5.74) is 4.12. The highest BCUT2D eigenvalue weighted by Gasteiger charge is 2.24. The third-order valence-corrected chi connectivity index (χ3v) is 6.46. The van der Waals surface area contributed by atoms with Crippen molar-refractivity contribution in [1.29, 1.82) is 0 Å². The van der Waals surface area contributed by atoms with Crippen molar-refractivity contribution < 1.29 is 22.7 Å². The number of amides is 1. The summed E-state index contributed by atoms with van der Waals surface area (Å²) in [4.78, 5) is 12.4. The molecule has 0 aliphatic carbocycles. The summed E-state index contributed by atoms with van der Waals surface area (Å²) in [5.74, 6) is 1.26. The van der Waals surface area contributed by atoms with Crippen molar-refractivity contribution in [2.45, 2.75) is 24.3 Å². The van der Waals surface area contributed by atoms with Crippen molar-refractivity contribution in [3.8, 4) is 22.6 Å². The van der Waals surface area contributed by atoms with Gasteiger partial charge >= 0.3 is 0 Å². The summed E-state index contributed by atoms with van der Waals surface area (Å²) in [7, 11) is -3.22. The maximum absolute atomic E-state index is 12.1. The minimum Gasteiger partial charge on any atom is -0.488 e. The molecule has 1 N–H and O–H groups in total. The molecule has 0 saturated heterocycles. The first kappa shape index (κ1) is 21.9. The van der Waals surface area contributed by atoms with Crippen molar-refractivity contribution in [2.24, 2.45) is 0 Å². The Morgan fingerprint density at radius 2 is 1.72 bits per heavy atom. The van der Waals surface area contributed by atoms with Gasteiger partial charge in [-0.1, -0.05) is 35.9 Å². The number of benzene rings is 3. The molecule has 0 spiro atoms. The minimum absolute atomic E-state index is 0.0453. The Balaban J connectivity index is 1.31. The molecule has 0 aromatic heterocycles. The van der Waals surface area contributed by atoms with Crippen LogP contribution in [0.25, 0.3) is 11.1 Å². The molecule has 4 rings (SSSR count). The van der Waals surface area contributed by atoms with E-state index in [0.717, 1.165) is 28.0 Å². The number of hydrogen-bond acceptors (Lipinski definition) is 5. The number of carbonyl (C=O) groups is 1. The number of ether oxygens (including phenoxy) is 2. The number of carbonyl (C=O) groups excluding carboxylic acids is 1. The van der Waals surface area contributed by atoms with Gasteiger partial charge in [0.2, 0.25) is 0 Å². The zero-order valence-corrected chi connectivity index (χ0v) is 18.8. The van der Waals surface area contributed by atoms with E-state index in [0.29, 0.717) is 23.6 Å². The Bertz CT molecular complexity index is 1220. The number of rotatable bonds is 7. The fourth-order valence-corrected chi connectivity index (χ4v) is 4.20. The Hall–Kier alpha value is -3.32. The van der Waals surface area contributed by atoms with E-state index in [4.69, 9.17) is 9.47 Å². The standard InChI is InChI=1S/C25H25NO5S/c1-17-3-8-21(9-4-17)30-16-25(27)26-15-22-14-20-13-19(7-12-24(20)31-22)18-5-10-23(11-6-18)32(2,28)29/h3-13,22H,14-16H2,1-2H3,(H,26,27)/t22-/m1/s1. The molecule has 0 saturated carbocycles. The number of hydrogen-bond donors (Lipinski definition) is 1. The number of aryl methyl sites for hydroxylation is 1. The lowest BCUT2D eigenvalue weighted by Gasteiger charge is -2.12. The number of fused-ring (bicyclic) bond motifs is 1. The minimum atomic E-state index is -3.22. The lowest BCUT2D eigenvalue weighted by molar-refractivity contribution is -0.123. The first-order valence-corrected chi connectivity index (χ1v) is 12.2. The van der Waals surface area contributed by atoms with E-state index >= 15 is 0 Å². The molecule has 1 atom stereocenters. The maximum Gasteiger partial charge on any atom is 0.258 e. The summed E-state index contributed by atoms with van der Waals surface area (Å²) < 4.78 is 34.8. The lowest BCUT2D eigenvalue weighted by Crippen LogP contribution is -2.37. The molecular weight excluding hydrogens is 426 g/mol. The van der Waals surface area contributed by atoms with Crippen LogP contribution in [-0.2, 0) is 21.1 Å². The Morgan fingerprint density at radius 1 is 1.03 bits per heavy atom. The summed E-state index contributed by atoms with van der Waals surface area (Å²) in [6, 6.07) is 20.3. The zero-order valence-electron chi connectivity index (χ0n) is 18.0. The molecule has 1 amide bonds. The summed E-state index contributed by atoms with van der Waals surface area (Å²) in [6.07, 6.45) is 1.74. The van der Waals surface area contributed by atoms with Crippen LogP contribution in [0.5, 0.6) is 11.5 Å². The van der Waals surface area contributed by atoms with E-state index in [1.165, 1.54) is 6.26 Å². The fraction of sp³-hybridized carbons (Fsp3) is 0.240. The highest BCUT2D eigenvalue weighted by atomic mass is 32.2. The molecule has 3 aromatic rings. The lowest BCUT2D eigenvalue weighted by atomic mass is 10.0. The van der Waals surface area contributed by atoms with Crippen LogP contribution in [0.4, 0.5) is 0 Å². The van der Waals surface area contributed by atoms with Crippen molar-refractivity contribution in [1.82, 2.24) is 5.32 Å². The second-order valence-corrected chi connectivity index (χ2v) is 9.98. The molecule has 32 heavy (non-hydrogen) atoms. The zero-order chi connectivity index (χ0) is 22.7. The topological polar surface area (TPSA) is 81.7 Å². The van der Waals surface area contributed by atoms with Crippen molar-refractivity contribution in [2.75, 3.05) is 19.4 Å². The molecule has 0 fully saturated rings. The SMILES string of the molecule is Cc1ccc(OCC(=O)NC[C@H]2Cc3cc(-c4ccc(S(C)(=O)=O)cc4)ccc3O2)cc1. The van der Waals surface area contributed by atoms with E-state index in [1.807, 2.05) is 49.4 Å². The van der Waals surface area contributed by atoms with Gasteiger partial charge in [-0.2, -0.15) is 0 Å². The molecule has 7 heteroatoms. The smallest absolute Gasteiger partial charge is 0.258 e. The van der Waals surface area contributed by atoms with Crippen LogP contribution in [0.1, 0.15) is 11.1 Å². The predicted molar refractivity (Wildman–Crippen MR) is 123 cm³/mol. The monoisotopic (exact) mass is 451 g/mol. The first-order valence-electron chi connectivity index (χ1n) is 10.3. The normalized spacial score (nSPS) is 15.0. The van der Waals surface area contributed by atoms with Crippen molar-refractivity contribution in [3.05, 3.63) is 77.9 Å². The van der Waals surface area contributed by atoms with E-state index in [1.54, 1.807) is 24.3 Å². The molecule has 0 bridgehead atoms. The first-order chi connectivity index (χ1) is 15.3. The Kier molecular flexibility index (Phi) is 6.19. The van der Waals surface area contributed by atoms with Crippen molar-refractivity contribution >= 4 is 15.7 Å². The largest absolute Gasteiger partial charge is 0.488 e. The molecule has 0 unspecified atom stereocenters. The van der Waals surface area contributed by atoms with E-state index < -0.39 is 9.84 Å². The van der Waals surface area contributed by atoms with Gasteiger partial charge in [-0.05, 0) is 60.0 Å². The Labute approximate surface area is 188 Å². The average molecular weight is 452 g/mol. The van der Waals surface area contributed by atoms with Crippen LogP contribution in [0, 0.1) is 6.92 Å². The van der Waals surface area contributed by atoms with Gasteiger partial charge in [0.15, 0.2) is 16.4 Å². The molecule has 6 nitrogen and oxygen atoms in total. The number of sulfone groups is 1. The van der Waals surface area contributed by atoms with Crippen LogP contribution in [-0.4, -0.2) is 39.8 Å². The van der Waals surface area contributed by atoms with E-state index in [2.05, 4.69) is 5.32 Å². The van der Waals surface area contributed by atoms with Gasteiger partial charge < -0.3 is 14.8 Å². The average Bonchev–Trinajstić information content (AvgIpc) is 3.19. The van der Waals surface area contributed by atoms with Crippen LogP contribution >= 0.6 is 0 Å². The summed E-state index contributed by atoms with van der Waals surface area (Å²) in [5, 5.41) is 2.86. The molecule has 166 valence electrons. The molecule has 0 radical (unpaired) electrons. The molecule has 1 aliphatic heterocycles. The van der Waals surface area contributed by atoms with Crippen LogP contribution in [0.3, 0.4) is 0 Å². The predicted octanol–water partition coefficient (Wildman–Crippen LogP) is 3.56. The van der Waals surface area contributed by atoms with Gasteiger partial charge in [0.25, 0.3) is 5.91 Å². The van der Waals surface area contributed by atoms with Crippen molar-refractivity contribution in [3.63, 3.8) is 0 Å². The number of nitrogens with one attached hydrogen (secondary N) is 1. The fourth-order valence-electron chi connectivity index (χ4n) is 3.57. The molecule has 1 aliphatic rings. The second-order valence-electron chi connectivity index (χ2n) is 7.97. The second kappa shape index (κ2) is 9.04. The third-order valence-electron chi connectivity index (χ3n) is 5.34. The van der Waals surface area contributed by atoms with E-state index in [-0.39, 0.29) is 18.6 Å². The van der Waals surface area contributed by atoms with Crippen LogP contribution < -0.4 is 14.8 Å². The van der Waals surface area contributed by atoms with Crippen LogP contribution in [0.15, 0.2) is 71.6 Å². The molecular formula is C25H25NO5S. The van der Waals surface area contributed by atoms with Gasteiger partial charge in [-0.15, -0.1) is 0 Å². The third kappa shape index (κ3) is 5.29. The van der Waals surface area contributed by atoms with Crippen LogP contribution in [0.2, 0.25) is 0 Å². The van der Waals surface area contributed by atoms with Gasteiger partial charge in [0, 0.05) is 12.7 Å². The Morgan fingerprint density at radius 3 is 2.41 bits per heavy atom. The molecule has 1 heterocycles. The highest BCUT2D eigenvalue weighted by molar-refractivity contribution is 7.90. The van der Waals surface area contributed by atoms with Gasteiger partial charge in [0.1, 0.15) is 17.6 Å². The van der Waals surface area contributed by atoms with Gasteiger partial charge in [-0.25, -0.2) is 8.42 Å². The molecule has 3 aromatic carbocycles. The summed E-state index contributed by atoms with van der Waals surface area (Å²) >= 11 is 0.